The van der Waals surface area contributed by atoms with E-state index in [1.54, 1.807) is 4.90 Å². The first-order valence-corrected chi connectivity index (χ1v) is 8.09. The number of benzene rings is 1. The molecule has 7 heteroatoms. The van der Waals surface area contributed by atoms with Gasteiger partial charge in [-0.25, -0.2) is 8.78 Å². The number of rotatable bonds is 4. The molecule has 0 aromatic heterocycles. The Balaban J connectivity index is 1.63. The number of primary amides is 1. The van der Waals surface area contributed by atoms with E-state index in [2.05, 4.69) is 0 Å². The molecule has 0 radical (unpaired) electrons. The molecule has 5 nitrogen and oxygen atoms in total. The van der Waals surface area contributed by atoms with Gasteiger partial charge in [0, 0.05) is 25.6 Å². The van der Waals surface area contributed by atoms with Gasteiger partial charge >= 0.3 is 0 Å². The molecule has 24 heavy (non-hydrogen) atoms. The number of likely N-dealkylation sites (tertiary alicyclic amines) is 2. The van der Waals surface area contributed by atoms with Crippen molar-refractivity contribution in [3.05, 3.63) is 35.4 Å². The zero-order valence-corrected chi connectivity index (χ0v) is 13.4. The van der Waals surface area contributed by atoms with Crippen LogP contribution in [0.4, 0.5) is 8.78 Å². The molecule has 0 aliphatic carbocycles. The van der Waals surface area contributed by atoms with Crippen LogP contribution in [0.2, 0.25) is 0 Å². The maximum Gasteiger partial charge on any atom is 0.231 e. The molecule has 3 rings (SSSR count). The molecule has 1 aromatic rings. The number of carbonyl (C=O) groups excluding carboxylic acids is 2. The van der Waals surface area contributed by atoms with E-state index in [9.17, 15) is 18.4 Å². The van der Waals surface area contributed by atoms with Crippen molar-refractivity contribution in [2.45, 2.75) is 25.8 Å². The van der Waals surface area contributed by atoms with Gasteiger partial charge in [0.05, 0.1) is 6.54 Å². The van der Waals surface area contributed by atoms with Gasteiger partial charge in [-0.3, -0.25) is 14.5 Å². The first-order valence-electron chi connectivity index (χ1n) is 8.09. The molecule has 0 unspecified atom stereocenters. The number of hydrogen-bond acceptors (Lipinski definition) is 3. The summed E-state index contributed by atoms with van der Waals surface area (Å²) in [6.45, 7) is 2.53. The maximum atomic E-state index is 13.3. The van der Waals surface area contributed by atoms with Crippen LogP contribution in [0.3, 0.4) is 0 Å². The van der Waals surface area contributed by atoms with Gasteiger partial charge in [-0.15, -0.1) is 0 Å². The van der Waals surface area contributed by atoms with E-state index < -0.39 is 11.6 Å². The Hall–Kier alpha value is -2.02. The van der Waals surface area contributed by atoms with Gasteiger partial charge in [0.25, 0.3) is 0 Å². The van der Waals surface area contributed by atoms with Gasteiger partial charge in [-0.2, -0.15) is 0 Å². The molecule has 2 N–H and O–H groups in total. The van der Waals surface area contributed by atoms with Crippen LogP contribution in [0.25, 0.3) is 0 Å². The second-order valence-electron chi connectivity index (χ2n) is 6.95. The quantitative estimate of drug-likeness (QED) is 0.900. The van der Waals surface area contributed by atoms with Crippen molar-refractivity contribution in [3.63, 3.8) is 0 Å². The van der Waals surface area contributed by atoms with Crippen molar-refractivity contribution in [1.29, 1.82) is 0 Å². The van der Waals surface area contributed by atoms with Gasteiger partial charge in [-0.1, -0.05) is 0 Å². The first kappa shape index (κ1) is 16.8. The number of hydrogen-bond donors (Lipinski definition) is 1. The summed E-state index contributed by atoms with van der Waals surface area (Å²) in [5.74, 6) is -1.59. The standard InChI is InChI=1S/C17H21F2N3O2/c18-13-5-12(6-14(19)7-13)9-22-11-17(8-16(22)24)1-3-21(4-2-17)10-15(20)23/h5-7H,1-4,8-11H2,(H2,20,23). The Kier molecular flexibility index (Phi) is 4.54. The lowest BCUT2D eigenvalue weighted by Crippen LogP contribution is -2.44. The highest BCUT2D eigenvalue weighted by Crippen LogP contribution is 2.41. The minimum absolute atomic E-state index is 0.0167. The Morgan fingerprint density at radius 3 is 2.38 bits per heavy atom. The number of nitrogens with zero attached hydrogens (tertiary/aromatic N) is 2. The molecule has 0 bridgehead atoms. The highest BCUT2D eigenvalue weighted by molar-refractivity contribution is 5.79. The summed E-state index contributed by atoms with van der Waals surface area (Å²) in [6.07, 6.45) is 2.09. The summed E-state index contributed by atoms with van der Waals surface area (Å²) in [5, 5.41) is 0. The van der Waals surface area contributed by atoms with Gasteiger partial charge in [-0.05, 0) is 49.0 Å². The van der Waals surface area contributed by atoms with E-state index in [1.807, 2.05) is 4.90 Å². The molecule has 130 valence electrons. The van der Waals surface area contributed by atoms with E-state index >= 15 is 0 Å². The van der Waals surface area contributed by atoms with Crippen molar-refractivity contribution in [3.8, 4) is 0 Å². The topological polar surface area (TPSA) is 66.6 Å². The first-order chi connectivity index (χ1) is 11.3. The monoisotopic (exact) mass is 337 g/mol. The SMILES string of the molecule is NC(=O)CN1CCC2(CC1)CC(=O)N(Cc1cc(F)cc(F)c1)C2. The van der Waals surface area contributed by atoms with Crippen LogP contribution in [0.5, 0.6) is 0 Å². The van der Waals surface area contributed by atoms with Crippen molar-refractivity contribution in [2.24, 2.45) is 11.1 Å². The molecular formula is C17H21F2N3O2. The fourth-order valence-corrected chi connectivity index (χ4v) is 3.79. The fraction of sp³-hybridized carbons (Fsp3) is 0.529. The summed E-state index contributed by atoms with van der Waals surface area (Å²) in [5.41, 5.74) is 5.58. The molecular weight excluding hydrogens is 316 g/mol. The third-order valence-electron chi connectivity index (χ3n) is 5.00. The summed E-state index contributed by atoms with van der Waals surface area (Å²) in [4.78, 5) is 27.0. The van der Waals surface area contributed by atoms with Crippen LogP contribution in [-0.2, 0) is 16.1 Å². The Morgan fingerprint density at radius 1 is 1.17 bits per heavy atom. The van der Waals surface area contributed by atoms with Gasteiger partial charge < -0.3 is 10.6 Å². The van der Waals surface area contributed by atoms with Crippen molar-refractivity contribution < 1.29 is 18.4 Å². The van der Waals surface area contributed by atoms with Crippen LogP contribution in [0.15, 0.2) is 18.2 Å². The number of halogens is 2. The molecule has 2 aliphatic heterocycles. The Morgan fingerprint density at radius 2 is 1.79 bits per heavy atom. The predicted molar refractivity (Wildman–Crippen MR) is 83.7 cm³/mol. The number of amides is 2. The minimum atomic E-state index is -0.633. The second kappa shape index (κ2) is 6.47. The van der Waals surface area contributed by atoms with Crippen LogP contribution in [0.1, 0.15) is 24.8 Å². The van der Waals surface area contributed by atoms with E-state index in [-0.39, 0.29) is 30.3 Å². The molecule has 2 amide bonds. The molecule has 2 heterocycles. The lowest BCUT2D eigenvalue weighted by atomic mass is 9.77. The van der Waals surface area contributed by atoms with Gasteiger partial charge in [0.1, 0.15) is 11.6 Å². The van der Waals surface area contributed by atoms with Crippen molar-refractivity contribution >= 4 is 11.8 Å². The maximum absolute atomic E-state index is 13.3. The molecule has 0 saturated carbocycles. The highest BCUT2D eigenvalue weighted by atomic mass is 19.1. The molecule has 1 spiro atoms. The van der Waals surface area contributed by atoms with E-state index in [0.717, 1.165) is 32.0 Å². The smallest absolute Gasteiger partial charge is 0.231 e. The third-order valence-corrected chi connectivity index (χ3v) is 5.00. The lowest BCUT2D eigenvalue weighted by molar-refractivity contribution is -0.128. The van der Waals surface area contributed by atoms with E-state index in [0.29, 0.717) is 18.5 Å². The second-order valence-corrected chi connectivity index (χ2v) is 6.95. The summed E-state index contributed by atoms with van der Waals surface area (Å²) in [6, 6.07) is 3.35. The molecule has 2 fully saturated rings. The van der Waals surface area contributed by atoms with Crippen LogP contribution >= 0.6 is 0 Å². The summed E-state index contributed by atoms with van der Waals surface area (Å²) >= 11 is 0. The van der Waals surface area contributed by atoms with Crippen LogP contribution in [-0.4, -0.2) is 47.8 Å². The van der Waals surface area contributed by atoms with Crippen LogP contribution in [0, 0.1) is 17.0 Å². The summed E-state index contributed by atoms with van der Waals surface area (Å²) in [7, 11) is 0. The lowest BCUT2D eigenvalue weighted by Gasteiger charge is -2.38. The number of carbonyl (C=O) groups is 2. The number of nitrogens with two attached hydrogens (primary N) is 1. The largest absolute Gasteiger partial charge is 0.369 e. The fourth-order valence-electron chi connectivity index (χ4n) is 3.79. The van der Waals surface area contributed by atoms with Gasteiger partial charge in [0.2, 0.25) is 11.8 Å². The minimum Gasteiger partial charge on any atom is -0.369 e. The normalized spacial score (nSPS) is 20.8. The predicted octanol–water partition coefficient (Wildman–Crippen LogP) is 1.26. The zero-order chi connectivity index (χ0) is 17.3. The molecule has 2 aliphatic rings. The number of piperidine rings is 1. The Bertz CT molecular complexity index is 637. The average Bonchev–Trinajstić information content (AvgIpc) is 2.76. The van der Waals surface area contributed by atoms with Gasteiger partial charge in [0.15, 0.2) is 0 Å². The molecule has 1 aromatic carbocycles. The van der Waals surface area contributed by atoms with Crippen molar-refractivity contribution in [1.82, 2.24) is 9.80 Å². The van der Waals surface area contributed by atoms with E-state index in [1.165, 1.54) is 12.1 Å². The van der Waals surface area contributed by atoms with E-state index in [4.69, 9.17) is 5.73 Å². The summed E-state index contributed by atoms with van der Waals surface area (Å²) < 4.78 is 26.6. The molecule has 0 atom stereocenters. The van der Waals surface area contributed by atoms with Crippen LogP contribution < -0.4 is 5.73 Å². The zero-order valence-electron chi connectivity index (χ0n) is 13.4. The highest BCUT2D eigenvalue weighted by Gasteiger charge is 2.44. The Labute approximate surface area is 139 Å². The third kappa shape index (κ3) is 3.72. The van der Waals surface area contributed by atoms with Crippen molar-refractivity contribution in [2.75, 3.05) is 26.2 Å². The molecule has 2 saturated heterocycles. The average molecular weight is 337 g/mol.